The van der Waals surface area contributed by atoms with Crippen LogP contribution in [0.5, 0.6) is 0 Å². The molecule has 2 N–H and O–H groups in total. The summed E-state index contributed by atoms with van der Waals surface area (Å²) < 4.78 is 0. The number of hydrogen-bond donors (Lipinski definition) is 1. The Hall–Kier alpha value is -1.42. The van der Waals surface area contributed by atoms with Crippen molar-refractivity contribution >= 4 is 23.1 Å². The predicted octanol–water partition coefficient (Wildman–Crippen LogP) is 3.09. The van der Waals surface area contributed by atoms with Crippen LogP contribution in [0.25, 0.3) is 0 Å². The molecule has 0 unspecified atom stereocenters. The van der Waals surface area contributed by atoms with Gasteiger partial charge in [0.05, 0.1) is 4.99 Å². The predicted molar refractivity (Wildman–Crippen MR) is 92.3 cm³/mol. The summed E-state index contributed by atoms with van der Waals surface area (Å²) in [6, 6.07) is 8.31. The van der Waals surface area contributed by atoms with E-state index in [-0.39, 0.29) is 5.91 Å². The van der Waals surface area contributed by atoms with Crippen molar-refractivity contribution in [3.05, 3.63) is 35.4 Å². The van der Waals surface area contributed by atoms with Crippen LogP contribution in [0, 0.1) is 12.8 Å². The van der Waals surface area contributed by atoms with Gasteiger partial charge in [0.25, 0.3) is 0 Å². The van der Waals surface area contributed by atoms with Crippen LogP contribution in [-0.2, 0) is 11.2 Å². The number of aryl methyl sites for hydroxylation is 2. The zero-order valence-corrected chi connectivity index (χ0v) is 14.1. The maximum atomic E-state index is 12.4. The van der Waals surface area contributed by atoms with E-state index in [2.05, 4.69) is 39.0 Å². The minimum atomic E-state index is 0.182. The summed E-state index contributed by atoms with van der Waals surface area (Å²) in [5.74, 6) is 0.626. The highest BCUT2D eigenvalue weighted by molar-refractivity contribution is 7.80. The summed E-state index contributed by atoms with van der Waals surface area (Å²) in [7, 11) is 0. The fraction of sp³-hybridized carbons (Fsp3) is 0.529. The molecule has 0 fully saturated rings. The number of nitrogens with two attached hydrogens (primary N) is 1. The average Bonchev–Trinajstić information content (AvgIpc) is 2.40. The quantitative estimate of drug-likeness (QED) is 0.751. The first-order valence-electron chi connectivity index (χ1n) is 7.50. The van der Waals surface area contributed by atoms with E-state index in [9.17, 15) is 4.79 Å². The monoisotopic (exact) mass is 306 g/mol. The number of carbonyl (C=O) groups is 1. The summed E-state index contributed by atoms with van der Waals surface area (Å²) >= 11 is 4.91. The summed E-state index contributed by atoms with van der Waals surface area (Å²) in [4.78, 5) is 14.7. The number of hydrogen-bond acceptors (Lipinski definition) is 2. The van der Waals surface area contributed by atoms with Crippen LogP contribution >= 0.6 is 12.2 Å². The fourth-order valence-corrected chi connectivity index (χ4v) is 2.37. The largest absolute Gasteiger partial charge is 0.393 e. The standard InChI is InChI=1S/C17H26N2OS/c1-13(2)12-19(10-9-16(18)21)17(20)8-7-15-6-4-5-14(3)11-15/h4-6,11,13H,7-10,12H2,1-3H3,(H2,18,21). The molecule has 0 aliphatic heterocycles. The van der Waals surface area contributed by atoms with Gasteiger partial charge in [0.2, 0.25) is 5.91 Å². The molecule has 4 heteroatoms. The first-order chi connectivity index (χ1) is 9.88. The maximum absolute atomic E-state index is 12.4. The van der Waals surface area contributed by atoms with Gasteiger partial charge in [-0.3, -0.25) is 4.79 Å². The first-order valence-corrected chi connectivity index (χ1v) is 7.91. The van der Waals surface area contributed by atoms with Gasteiger partial charge >= 0.3 is 0 Å². The van der Waals surface area contributed by atoms with Gasteiger partial charge in [-0.05, 0) is 24.8 Å². The average molecular weight is 306 g/mol. The first kappa shape index (κ1) is 17.6. The molecule has 1 amide bonds. The lowest BCUT2D eigenvalue weighted by Crippen LogP contribution is -2.36. The van der Waals surface area contributed by atoms with Crippen LogP contribution in [0.2, 0.25) is 0 Å². The van der Waals surface area contributed by atoms with Crippen molar-refractivity contribution in [1.29, 1.82) is 0 Å². The second-order valence-corrected chi connectivity index (χ2v) is 6.46. The highest BCUT2D eigenvalue weighted by Crippen LogP contribution is 2.09. The zero-order valence-electron chi connectivity index (χ0n) is 13.3. The van der Waals surface area contributed by atoms with E-state index in [0.29, 0.717) is 30.3 Å². The minimum Gasteiger partial charge on any atom is -0.393 e. The molecule has 0 bridgehead atoms. The van der Waals surface area contributed by atoms with E-state index in [1.54, 1.807) is 0 Å². The van der Waals surface area contributed by atoms with Crippen molar-refractivity contribution in [2.24, 2.45) is 11.7 Å². The van der Waals surface area contributed by atoms with Crippen molar-refractivity contribution in [3.63, 3.8) is 0 Å². The van der Waals surface area contributed by atoms with Crippen LogP contribution in [0.15, 0.2) is 24.3 Å². The number of benzene rings is 1. The smallest absolute Gasteiger partial charge is 0.222 e. The Morgan fingerprint density at radius 3 is 2.62 bits per heavy atom. The van der Waals surface area contributed by atoms with E-state index < -0.39 is 0 Å². The topological polar surface area (TPSA) is 46.3 Å². The molecule has 21 heavy (non-hydrogen) atoms. The van der Waals surface area contributed by atoms with Crippen LogP contribution in [0.1, 0.15) is 37.8 Å². The van der Waals surface area contributed by atoms with Crippen molar-refractivity contribution < 1.29 is 4.79 Å². The second-order valence-electron chi connectivity index (χ2n) is 5.94. The van der Waals surface area contributed by atoms with E-state index >= 15 is 0 Å². The number of carbonyl (C=O) groups excluding carboxylic acids is 1. The van der Waals surface area contributed by atoms with Crippen molar-refractivity contribution in [3.8, 4) is 0 Å². The van der Waals surface area contributed by atoms with Crippen LogP contribution in [0.3, 0.4) is 0 Å². The van der Waals surface area contributed by atoms with Gasteiger partial charge in [0, 0.05) is 25.9 Å². The molecule has 0 saturated carbocycles. The summed E-state index contributed by atoms with van der Waals surface area (Å²) in [5, 5.41) is 0. The van der Waals surface area contributed by atoms with Gasteiger partial charge in [-0.25, -0.2) is 0 Å². The number of thiocarbonyl (C=S) groups is 1. The van der Waals surface area contributed by atoms with Crippen molar-refractivity contribution in [1.82, 2.24) is 4.90 Å². The fourth-order valence-electron chi connectivity index (χ4n) is 2.28. The third-order valence-electron chi connectivity index (χ3n) is 3.28. The molecule has 1 aromatic rings. The van der Waals surface area contributed by atoms with Gasteiger partial charge in [-0.2, -0.15) is 0 Å². The molecule has 0 atom stereocenters. The highest BCUT2D eigenvalue weighted by atomic mass is 32.1. The number of rotatable bonds is 8. The Bertz CT molecular complexity index is 485. The molecular weight excluding hydrogens is 280 g/mol. The van der Waals surface area contributed by atoms with E-state index in [1.165, 1.54) is 11.1 Å². The Labute approximate surface area is 133 Å². The van der Waals surface area contributed by atoms with Gasteiger partial charge < -0.3 is 10.6 Å². The lowest BCUT2D eigenvalue weighted by atomic mass is 10.1. The molecule has 0 heterocycles. The van der Waals surface area contributed by atoms with Gasteiger partial charge in [0.1, 0.15) is 0 Å². The lowest BCUT2D eigenvalue weighted by molar-refractivity contribution is -0.131. The van der Waals surface area contributed by atoms with Gasteiger partial charge in [0.15, 0.2) is 0 Å². The Balaban J connectivity index is 2.56. The Kier molecular flexibility index (Phi) is 7.37. The number of amides is 1. The second kappa shape index (κ2) is 8.78. The normalized spacial score (nSPS) is 10.7. The molecule has 0 aliphatic rings. The van der Waals surface area contributed by atoms with E-state index in [0.717, 1.165) is 13.0 Å². The third-order valence-corrected chi connectivity index (χ3v) is 3.48. The Morgan fingerprint density at radius 1 is 1.33 bits per heavy atom. The van der Waals surface area contributed by atoms with Crippen LogP contribution < -0.4 is 5.73 Å². The van der Waals surface area contributed by atoms with E-state index in [4.69, 9.17) is 18.0 Å². The summed E-state index contributed by atoms with van der Waals surface area (Å²) in [5.41, 5.74) is 7.99. The minimum absolute atomic E-state index is 0.182. The molecule has 0 radical (unpaired) electrons. The highest BCUT2D eigenvalue weighted by Gasteiger charge is 2.15. The van der Waals surface area contributed by atoms with E-state index in [1.807, 2.05) is 11.0 Å². The summed E-state index contributed by atoms with van der Waals surface area (Å²) in [6.45, 7) is 7.68. The molecular formula is C17H26N2OS. The molecule has 1 rings (SSSR count). The van der Waals surface area contributed by atoms with Gasteiger partial charge in [-0.15, -0.1) is 0 Å². The number of nitrogens with zero attached hydrogens (tertiary/aromatic N) is 1. The van der Waals surface area contributed by atoms with Crippen LogP contribution in [0.4, 0.5) is 0 Å². The molecule has 0 aliphatic carbocycles. The van der Waals surface area contributed by atoms with Crippen molar-refractivity contribution in [2.75, 3.05) is 13.1 Å². The molecule has 116 valence electrons. The molecule has 0 aromatic heterocycles. The van der Waals surface area contributed by atoms with Gasteiger partial charge in [-0.1, -0.05) is 55.9 Å². The molecule has 3 nitrogen and oxygen atoms in total. The molecule has 0 spiro atoms. The van der Waals surface area contributed by atoms with Crippen molar-refractivity contribution in [2.45, 2.75) is 40.0 Å². The third kappa shape index (κ3) is 7.23. The summed E-state index contributed by atoms with van der Waals surface area (Å²) in [6.07, 6.45) is 1.91. The van der Waals surface area contributed by atoms with Crippen LogP contribution in [-0.4, -0.2) is 28.9 Å². The maximum Gasteiger partial charge on any atom is 0.222 e. The molecule has 0 saturated heterocycles. The zero-order chi connectivity index (χ0) is 15.8. The molecule has 1 aromatic carbocycles. The SMILES string of the molecule is Cc1cccc(CCC(=O)N(CCC(N)=S)CC(C)C)c1. The Morgan fingerprint density at radius 2 is 2.05 bits per heavy atom. The lowest BCUT2D eigenvalue weighted by Gasteiger charge is -2.24.